The largest absolute Gasteiger partial charge is 0.550 e. The summed E-state index contributed by atoms with van der Waals surface area (Å²) in [6, 6.07) is 0. The zero-order valence-electron chi connectivity index (χ0n) is 13.9. The van der Waals surface area contributed by atoms with Crippen molar-refractivity contribution in [1.29, 1.82) is 0 Å². The molecule has 2 unspecified atom stereocenters. The van der Waals surface area contributed by atoms with Gasteiger partial charge in [-0.3, -0.25) is 4.79 Å². The van der Waals surface area contributed by atoms with Gasteiger partial charge in [0.05, 0.1) is 27.6 Å². The lowest BCUT2D eigenvalue weighted by molar-refractivity contribution is -0.873. The fraction of sp³-hybridized carbons (Fsp3) is 0.692. The Morgan fingerprint density at radius 3 is 1.72 bits per heavy atom. The predicted molar refractivity (Wildman–Crippen MR) is 77.0 cm³/mol. The molecule has 3 atom stereocenters. The molecule has 0 saturated heterocycles. The van der Waals surface area contributed by atoms with E-state index in [0.717, 1.165) is 0 Å². The summed E-state index contributed by atoms with van der Waals surface area (Å²) in [5, 5.41) is 61.8. The molecule has 146 valence electrons. The van der Waals surface area contributed by atoms with Crippen LogP contribution in [-0.2, 0) is 19.2 Å². The van der Waals surface area contributed by atoms with Crippen LogP contribution in [0.2, 0.25) is 0 Å². The summed E-state index contributed by atoms with van der Waals surface area (Å²) in [6.07, 6.45) is -5.19. The summed E-state index contributed by atoms with van der Waals surface area (Å²) in [7, 11) is 5.66. The van der Waals surface area contributed by atoms with E-state index in [1.165, 1.54) is 0 Å². The molecule has 0 saturated carbocycles. The fourth-order valence-electron chi connectivity index (χ4n) is 1.61. The van der Waals surface area contributed by atoms with Crippen molar-refractivity contribution in [3.8, 4) is 0 Å². The van der Waals surface area contributed by atoms with E-state index in [4.69, 9.17) is 30.6 Å². The fourth-order valence-corrected chi connectivity index (χ4v) is 1.61. The summed E-state index contributed by atoms with van der Waals surface area (Å²) < 4.78 is 0.550. The Labute approximate surface area is 142 Å². The van der Waals surface area contributed by atoms with Crippen LogP contribution < -0.4 is 5.11 Å². The number of hydrogen-bond acceptors (Lipinski definition) is 8. The van der Waals surface area contributed by atoms with Crippen molar-refractivity contribution in [3.63, 3.8) is 0 Å². The molecule has 0 fully saturated rings. The van der Waals surface area contributed by atoms with Crippen LogP contribution in [0.3, 0.4) is 0 Å². The Morgan fingerprint density at radius 2 is 1.48 bits per heavy atom. The molecule has 0 aliphatic rings. The maximum Gasteiger partial charge on any atom is 0.339 e. The first-order chi connectivity index (χ1) is 11.0. The van der Waals surface area contributed by atoms with Gasteiger partial charge in [-0.15, -0.1) is 0 Å². The maximum absolute atomic E-state index is 10.4. The van der Waals surface area contributed by atoms with Crippen molar-refractivity contribution in [2.75, 3.05) is 27.7 Å². The SMILES string of the molecule is C[N+](C)(C)C[C@H](O)CC(=O)[O-].O=C(O)CC(O)(C(=O)O)C(O)C(=O)O. The van der Waals surface area contributed by atoms with Crippen LogP contribution in [0, 0.1) is 0 Å². The van der Waals surface area contributed by atoms with E-state index in [1.807, 2.05) is 21.1 Å². The molecule has 0 amide bonds. The Bertz CT molecular complexity index is 499. The second-order valence-electron chi connectivity index (χ2n) is 6.24. The average Bonchev–Trinajstić information content (AvgIpc) is 2.33. The molecule has 25 heavy (non-hydrogen) atoms. The van der Waals surface area contributed by atoms with Crippen molar-refractivity contribution in [2.24, 2.45) is 0 Å². The standard InChI is InChI=1S/C7H15NO3.C6H8O8/c1-8(2,3)5-6(9)4-7(10)11;7-2(8)1-6(14,5(12)13)3(9)4(10)11/h6,9H,4-5H2,1-3H3;3,9,14H,1H2,(H,7,8)(H,10,11)(H,12,13)/t6-;/m1./s1. The van der Waals surface area contributed by atoms with Gasteiger partial charge in [0.2, 0.25) is 5.60 Å². The average molecular weight is 369 g/mol. The molecular weight excluding hydrogens is 346 g/mol. The Kier molecular flexibility index (Phi) is 9.87. The molecule has 0 aromatic rings. The number of likely N-dealkylation sites (N-methyl/N-ethyl adjacent to an activating group) is 1. The van der Waals surface area contributed by atoms with Gasteiger partial charge in [-0.25, -0.2) is 9.59 Å². The molecule has 0 radical (unpaired) electrons. The van der Waals surface area contributed by atoms with E-state index in [0.29, 0.717) is 11.0 Å². The first kappa shape index (κ1) is 25.0. The summed E-state index contributed by atoms with van der Waals surface area (Å²) >= 11 is 0. The zero-order valence-corrected chi connectivity index (χ0v) is 13.9. The highest BCUT2D eigenvalue weighted by Gasteiger charge is 2.49. The molecular formula is C13H23NO11. The Hall–Kier alpha value is -2.28. The van der Waals surface area contributed by atoms with E-state index in [2.05, 4.69) is 0 Å². The van der Waals surface area contributed by atoms with Crippen molar-refractivity contribution in [2.45, 2.75) is 30.7 Å². The molecule has 0 rings (SSSR count). The number of rotatable bonds is 9. The van der Waals surface area contributed by atoms with E-state index in [1.54, 1.807) is 0 Å². The quantitative estimate of drug-likeness (QED) is 0.215. The third-order valence-electron chi connectivity index (χ3n) is 2.64. The minimum absolute atomic E-state index is 0.282. The highest BCUT2D eigenvalue weighted by molar-refractivity contribution is 5.90. The van der Waals surface area contributed by atoms with Crippen LogP contribution in [0.4, 0.5) is 0 Å². The van der Waals surface area contributed by atoms with E-state index >= 15 is 0 Å². The monoisotopic (exact) mass is 369 g/mol. The molecule has 12 nitrogen and oxygen atoms in total. The summed E-state index contributed by atoms with van der Waals surface area (Å²) in [5.74, 6) is -7.08. The van der Waals surface area contributed by atoms with Gasteiger partial charge in [0.15, 0.2) is 6.10 Å². The second-order valence-corrected chi connectivity index (χ2v) is 6.24. The number of carbonyl (C=O) groups is 4. The van der Waals surface area contributed by atoms with Crippen molar-refractivity contribution in [1.82, 2.24) is 0 Å². The lowest BCUT2D eigenvalue weighted by atomic mass is 9.93. The number of nitrogens with zero attached hydrogens (tertiary/aromatic N) is 1. The normalized spacial score (nSPS) is 15.8. The van der Waals surface area contributed by atoms with E-state index in [-0.39, 0.29) is 6.42 Å². The molecule has 0 aliphatic carbocycles. The number of quaternary nitrogens is 1. The van der Waals surface area contributed by atoms with Crippen molar-refractivity contribution in [3.05, 3.63) is 0 Å². The molecule has 0 aliphatic heterocycles. The van der Waals surface area contributed by atoms with Gasteiger partial charge in [-0.2, -0.15) is 0 Å². The van der Waals surface area contributed by atoms with Gasteiger partial charge in [0, 0.05) is 12.4 Å². The highest BCUT2D eigenvalue weighted by atomic mass is 16.4. The van der Waals surface area contributed by atoms with Crippen LogP contribution >= 0.6 is 0 Å². The maximum atomic E-state index is 10.4. The lowest BCUT2D eigenvalue weighted by Gasteiger charge is -2.26. The first-order valence-corrected chi connectivity index (χ1v) is 6.79. The molecule has 0 spiro atoms. The molecule has 0 aromatic heterocycles. The predicted octanol–water partition coefficient (Wildman–Crippen LogP) is -4.08. The van der Waals surface area contributed by atoms with Gasteiger partial charge < -0.3 is 45.0 Å². The van der Waals surface area contributed by atoms with Crippen LogP contribution in [0.5, 0.6) is 0 Å². The smallest absolute Gasteiger partial charge is 0.339 e. The van der Waals surface area contributed by atoms with Gasteiger partial charge in [-0.1, -0.05) is 0 Å². The topological polar surface area (TPSA) is 213 Å². The molecule has 0 bridgehead atoms. The van der Waals surface area contributed by atoms with E-state index < -0.39 is 48.1 Å². The molecule has 12 heteroatoms. The van der Waals surface area contributed by atoms with E-state index in [9.17, 15) is 24.3 Å². The van der Waals surface area contributed by atoms with Crippen molar-refractivity contribution < 1.29 is 59.4 Å². The first-order valence-electron chi connectivity index (χ1n) is 6.79. The summed E-state index contributed by atoms with van der Waals surface area (Å²) in [6.45, 7) is 0.425. The van der Waals surface area contributed by atoms with Gasteiger partial charge >= 0.3 is 17.9 Å². The third-order valence-corrected chi connectivity index (χ3v) is 2.64. The number of aliphatic hydroxyl groups is 3. The Balaban J connectivity index is 0. The van der Waals surface area contributed by atoms with Crippen LogP contribution in [0.1, 0.15) is 12.8 Å². The third kappa shape index (κ3) is 11.0. The zero-order chi connectivity index (χ0) is 20.6. The Morgan fingerprint density at radius 1 is 1.04 bits per heavy atom. The van der Waals surface area contributed by atoms with Gasteiger partial charge in [0.1, 0.15) is 12.6 Å². The lowest BCUT2D eigenvalue weighted by Crippen LogP contribution is -2.54. The highest BCUT2D eigenvalue weighted by Crippen LogP contribution is 2.16. The number of aliphatic hydroxyl groups excluding tert-OH is 2. The molecule has 0 aromatic carbocycles. The van der Waals surface area contributed by atoms with Gasteiger partial charge in [0.25, 0.3) is 0 Å². The number of hydrogen-bond donors (Lipinski definition) is 6. The van der Waals surface area contributed by atoms with Crippen LogP contribution in [-0.4, -0.2) is 104 Å². The minimum Gasteiger partial charge on any atom is -0.550 e. The minimum atomic E-state index is -3.22. The summed E-state index contributed by atoms with van der Waals surface area (Å²) in [4.78, 5) is 40.7. The molecule has 6 N–H and O–H groups in total. The number of aliphatic carboxylic acids is 4. The van der Waals surface area contributed by atoms with Crippen molar-refractivity contribution >= 4 is 23.9 Å². The van der Waals surface area contributed by atoms with Gasteiger partial charge in [-0.05, 0) is 0 Å². The number of carboxylic acids is 4. The number of carboxylic acid groups (broad SMARTS) is 4. The number of carbonyl (C=O) groups excluding carboxylic acids is 1. The second kappa shape index (κ2) is 9.88. The van der Waals surface area contributed by atoms with Crippen LogP contribution in [0.15, 0.2) is 0 Å². The van der Waals surface area contributed by atoms with Crippen LogP contribution in [0.25, 0.3) is 0 Å². The summed E-state index contributed by atoms with van der Waals surface area (Å²) in [5.41, 5.74) is -3.22. The molecule has 0 heterocycles.